The molecule has 1 saturated heterocycles. The maximum atomic E-state index is 6.40. The van der Waals surface area contributed by atoms with Crippen LogP contribution in [-0.2, 0) is 4.74 Å². The second kappa shape index (κ2) is 5.86. The molecule has 0 bridgehead atoms. The van der Waals surface area contributed by atoms with Gasteiger partial charge in [0.15, 0.2) is 0 Å². The minimum absolute atomic E-state index is 0.161. The summed E-state index contributed by atoms with van der Waals surface area (Å²) in [5.41, 5.74) is 6.24. The summed E-state index contributed by atoms with van der Waals surface area (Å²) in [4.78, 5) is 2.88. The Morgan fingerprint density at radius 3 is 3.04 bits per heavy atom. The van der Waals surface area contributed by atoms with Crippen molar-refractivity contribution in [1.29, 1.82) is 0 Å². The van der Waals surface area contributed by atoms with Crippen LogP contribution in [-0.4, -0.2) is 41.8 Å². The van der Waals surface area contributed by atoms with Gasteiger partial charge in [-0.15, -0.1) is 0 Å². The molecule has 0 aromatic carbocycles. The van der Waals surface area contributed by atoms with E-state index < -0.39 is 0 Å². The third-order valence-electron chi connectivity index (χ3n) is 7.59. The van der Waals surface area contributed by atoms with Crippen molar-refractivity contribution in [1.82, 2.24) is 4.90 Å². The van der Waals surface area contributed by atoms with E-state index in [1.165, 1.54) is 29.8 Å². The fraction of sp³-hybridized carbons (Fsp3) is 0.478. The van der Waals surface area contributed by atoms with Crippen LogP contribution >= 0.6 is 0 Å². The molecule has 0 radical (unpaired) electrons. The van der Waals surface area contributed by atoms with Gasteiger partial charge in [-0.05, 0) is 55.7 Å². The van der Waals surface area contributed by atoms with Crippen LogP contribution in [0.4, 0.5) is 0 Å². The van der Waals surface area contributed by atoms with Crippen molar-refractivity contribution in [3.8, 4) is 0 Å². The summed E-state index contributed by atoms with van der Waals surface area (Å²) in [6, 6.07) is 1.60. The van der Waals surface area contributed by atoms with Crippen LogP contribution in [0.25, 0.3) is 0 Å². The molecule has 6 aliphatic rings. The summed E-state index contributed by atoms with van der Waals surface area (Å²) < 4.78 is 6.40. The minimum Gasteiger partial charge on any atom is -0.488 e. The lowest BCUT2D eigenvalue weighted by molar-refractivity contribution is -0.615. The topological polar surface area (TPSA) is 29.1 Å². The number of ether oxygens (including phenoxy) is 1. The van der Waals surface area contributed by atoms with Gasteiger partial charge in [-0.2, -0.15) is 0 Å². The van der Waals surface area contributed by atoms with Crippen LogP contribution < -0.4 is 5.32 Å². The van der Waals surface area contributed by atoms with E-state index >= 15 is 0 Å². The summed E-state index contributed by atoms with van der Waals surface area (Å²) in [5, 5.41) is 2.60. The lowest BCUT2D eigenvalue weighted by atomic mass is 9.29. The van der Waals surface area contributed by atoms with Gasteiger partial charge in [0.1, 0.15) is 11.8 Å². The molecule has 3 aliphatic carbocycles. The lowest BCUT2D eigenvalue weighted by Gasteiger charge is -2.51. The van der Waals surface area contributed by atoms with Crippen LogP contribution in [0, 0.1) is 0 Å². The number of rotatable bonds is 2. The molecule has 4 heteroatoms. The molecule has 0 spiro atoms. The zero-order valence-corrected chi connectivity index (χ0v) is 16.3. The van der Waals surface area contributed by atoms with E-state index in [1.54, 1.807) is 11.0 Å². The largest absolute Gasteiger partial charge is 0.488 e. The fourth-order valence-corrected chi connectivity index (χ4v) is 6.66. The van der Waals surface area contributed by atoms with Gasteiger partial charge in [0.05, 0.1) is 17.7 Å². The Balaban J connectivity index is 1.52. The zero-order chi connectivity index (χ0) is 18.1. The zero-order valence-electron chi connectivity index (χ0n) is 16.3. The molecule has 0 aromatic heterocycles. The molecule has 3 heterocycles. The maximum Gasteiger partial charge on any atom is 0.282 e. The first-order valence-electron chi connectivity index (χ1n) is 10.7. The number of allylic oxidation sites excluding steroid dienone is 6. The Kier molecular flexibility index (Phi) is 3.52. The first kappa shape index (κ1) is 16.2. The maximum absolute atomic E-state index is 6.40. The highest BCUT2D eigenvalue weighted by Gasteiger charge is 2.60. The molecule has 2 N–H and O–H groups in total. The molecule has 27 heavy (non-hydrogen) atoms. The first-order chi connectivity index (χ1) is 13.3. The summed E-state index contributed by atoms with van der Waals surface area (Å²) in [6.45, 7) is 5.09. The van der Waals surface area contributed by atoms with Crippen LogP contribution in [0.2, 0.25) is 0 Å². The molecule has 138 valence electrons. The molecular weight excluding hydrogens is 331 g/mol. The number of nitrogens with zero attached hydrogens (tertiary/aromatic N) is 1. The van der Waals surface area contributed by atoms with Crippen molar-refractivity contribution < 1.29 is 10.1 Å². The van der Waals surface area contributed by atoms with Crippen molar-refractivity contribution in [3.63, 3.8) is 0 Å². The van der Waals surface area contributed by atoms with Crippen LogP contribution in [0.15, 0.2) is 70.5 Å². The molecule has 3 nitrogen and oxygen atoms in total. The quantitative estimate of drug-likeness (QED) is 0.607. The van der Waals surface area contributed by atoms with E-state index in [0.29, 0.717) is 30.8 Å². The van der Waals surface area contributed by atoms with Crippen molar-refractivity contribution in [2.45, 2.75) is 69.7 Å². The number of fused-ring (bicyclic) bond motifs is 6. The molecular formula is C23H28BN2O+. The molecule has 5 unspecified atom stereocenters. The SMILES string of the molecule is CCC1C2=C(C)OC3C=CC=C3B2C2[NH2+]C3=C(CC=C3)C2N1C1C=CCC1. The van der Waals surface area contributed by atoms with Gasteiger partial charge in [0, 0.05) is 17.7 Å². The number of hydrogen-bond acceptors (Lipinski definition) is 2. The molecule has 0 aromatic rings. The first-order valence-corrected chi connectivity index (χ1v) is 10.7. The van der Waals surface area contributed by atoms with Gasteiger partial charge in [-0.25, -0.2) is 0 Å². The Bertz CT molecular complexity index is 877. The van der Waals surface area contributed by atoms with Crippen LogP contribution in [0.3, 0.4) is 0 Å². The van der Waals surface area contributed by atoms with Crippen molar-refractivity contribution in [2.75, 3.05) is 0 Å². The predicted molar refractivity (Wildman–Crippen MR) is 109 cm³/mol. The van der Waals surface area contributed by atoms with E-state index in [-0.39, 0.29) is 6.10 Å². The second-order valence-electron chi connectivity index (χ2n) is 8.80. The third kappa shape index (κ3) is 2.11. The van der Waals surface area contributed by atoms with E-state index in [0.717, 1.165) is 12.8 Å². The van der Waals surface area contributed by atoms with Crippen molar-refractivity contribution in [2.24, 2.45) is 0 Å². The van der Waals surface area contributed by atoms with Crippen molar-refractivity contribution in [3.05, 3.63) is 70.5 Å². The van der Waals surface area contributed by atoms with E-state index in [1.807, 2.05) is 0 Å². The smallest absolute Gasteiger partial charge is 0.282 e. The summed E-state index contributed by atoms with van der Waals surface area (Å²) in [6.07, 6.45) is 21.3. The highest BCUT2D eigenvalue weighted by atomic mass is 16.5. The Labute approximate surface area is 162 Å². The van der Waals surface area contributed by atoms with Gasteiger partial charge >= 0.3 is 0 Å². The lowest BCUT2D eigenvalue weighted by Crippen LogP contribution is -2.94. The monoisotopic (exact) mass is 359 g/mol. The van der Waals surface area contributed by atoms with Gasteiger partial charge in [-0.1, -0.05) is 37.3 Å². The third-order valence-corrected chi connectivity index (χ3v) is 7.59. The average Bonchev–Trinajstić information content (AvgIpc) is 3.43. The van der Waals surface area contributed by atoms with Crippen LogP contribution in [0.1, 0.15) is 39.5 Å². The fourth-order valence-electron chi connectivity index (χ4n) is 6.66. The van der Waals surface area contributed by atoms with Crippen molar-refractivity contribution >= 4 is 6.71 Å². The summed E-state index contributed by atoms with van der Waals surface area (Å²) >= 11 is 0. The predicted octanol–water partition coefficient (Wildman–Crippen LogP) is 2.61. The standard InChI is InChI=1S/C23H27BN2O/c1-3-19-21-14(2)27-20-13-7-11-17(20)24(21)23-22(16-10-6-12-18(16)25-23)26(19)15-8-4-5-9-15/h4,6-8,11-13,15,19-20,22-23,25H,3,5,9-10H2,1-2H3/p+1. The number of nitrogens with two attached hydrogens (primary N) is 1. The van der Waals surface area contributed by atoms with Gasteiger partial charge in [-0.3, -0.25) is 4.90 Å². The molecule has 0 amide bonds. The second-order valence-corrected chi connectivity index (χ2v) is 8.80. The van der Waals surface area contributed by atoms with Gasteiger partial charge in [0.2, 0.25) is 0 Å². The van der Waals surface area contributed by atoms with Gasteiger partial charge in [0.25, 0.3) is 6.71 Å². The molecule has 3 aliphatic heterocycles. The van der Waals surface area contributed by atoms with Gasteiger partial charge < -0.3 is 10.1 Å². The molecule has 6 rings (SSSR count). The average molecular weight is 359 g/mol. The van der Waals surface area contributed by atoms with E-state index in [2.05, 4.69) is 66.6 Å². The summed E-state index contributed by atoms with van der Waals surface area (Å²) in [5.74, 6) is 1.74. The summed E-state index contributed by atoms with van der Waals surface area (Å²) in [7, 11) is 0. The highest BCUT2D eigenvalue weighted by Crippen LogP contribution is 2.46. The Hall–Kier alpha value is -1.78. The Morgan fingerprint density at radius 1 is 1.30 bits per heavy atom. The van der Waals surface area contributed by atoms with E-state index in [4.69, 9.17) is 4.74 Å². The number of quaternary nitrogens is 1. The highest BCUT2D eigenvalue weighted by molar-refractivity contribution is 6.76. The molecule has 0 saturated carbocycles. The molecule has 1 fully saturated rings. The minimum atomic E-state index is 0.161. The Morgan fingerprint density at radius 2 is 2.22 bits per heavy atom. The normalized spacial score (nSPS) is 39.0. The van der Waals surface area contributed by atoms with E-state index in [9.17, 15) is 0 Å². The number of hydrogen-bond donors (Lipinski definition) is 1. The molecule has 5 atom stereocenters. The van der Waals surface area contributed by atoms with Crippen LogP contribution in [0.5, 0.6) is 0 Å².